The van der Waals surface area contributed by atoms with Crippen molar-refractivity contribution in [1.29, 1.82) is 0 Å². The van der Waals surface area contributed by atoms with E-state index < -0.39 is 0 Å². The van der Waals surface area contributed by atoms with Crippen molar-refractivity contribution in [2.24, 2.45) is 0 Å². The zero-order valence-electron chi connectivity index (χ0n) is 15.1. The van der Waals surface area contributed by atoms with Crippen LogP contribution < -0.4 is 5.32 Å². The lowest BCUT2D eigenvalue weighted by Gasteiger charge is -2.17. The van der Waals surface area contributed by atoms with Crippen molar-refractivity contribution in [3.05, 3.63) is 51.8 Å². The largest absolute Gasteiger partial charge is 0.356 e. The fourth-order valence-electron chi connectivity index (χ4n) is 2.87. The maximum Gasteiger partial charge on any atom is 0.255 e. The van der Waals surface area contributed by atoms with Gasteiger partial charge in [0, 0.05) is 42.9 Å². The topological polar surface area (TPSA) is 54.3 Å². The Labute approximate surface area is 157 Å². The lowest BCUT2D eigenvalue weighted by atomic mass is 10.2. The third-order valence-corrected chi connectivity index (χ3v) is 4.82. The zero-order valence-corrected chi connectivity index (χ0v) is 16.7. The molecule has 0 aliphatic carbocycles. The summed E-state index contributed by atoms with van der Waals surface area (Å²) in [6, 6.07) is 9.89. The Morgan fingerprint density at radius 2 is 1.92 bits per heavy atom. The average Bonchev–Trinajstić information content (AvgIpc) is 2.86. The van der Waals surface area contributed by atoms with Gasteiger partial charge in [-0.3, -0.25) is 9.59 Å². The number of nitrogens with zero attached hydrogens (tertiary/aromatic N) is 2. The Bertz CT molecular complexity index is 783. The van der Waals surface area contributed by atoms with E-state index >= 15 is 0 Å². The minimum Gasteiger partial charge on any atom is -0.356 e. The highest BCUT2D eigenvalue weighted by atomic mass is 79.9. The molecule has 0 radical (unpaired) electrons. The van der Waals surface area contributed by atoms with E-state index in [1.54, 1.807) is 11.9 Å². The van der Waals surface area contributed by atoms with Crippen molar-refractivity contribution in [3.8, 4) is 5.69 Å². The first-order valence-corrected chi connectivity index (χ1v) is 9.06. The van der Waals surface area contributed by atoms with Crippen LogP contribution >= 0.6 is 15.9 Å². The van der Waals surface area contributed by atoms with Gasteiger partial charge in [0.2, 0.25) is 5.91 Å². The number of hydrogen-bond acceptors (Lipinski definition) is 2. The van der Waals surface area contributed by atoms with Gasteiger partial charge in [-0.05, 0) is 54.4 Å². The second-order valence-corrected chi connectivity index (χ2v) is 6.99. The maximum absolute atomic E-state index is 12.8. The highest BCUT2D eigenvalue weighted by Crippen LogP contribution is 2.27. The summed E-state index contributed by atoms with van der Waals surface area (Å²) in [5, 5.41) is 2.75. The molecule has 2 aromatic rings. The molecule has 6 heteroatoms. The highest BCUT2D eigenvalue weighted by Gasteiger charge is 2.20. The van der Waals surface area contributed by atoms with Gasteiger partial charge in [0.15, 0.2) is 0 Å². The Balaban J connectivity index is 2.18. The van der Waals surface area contributed by atoms with Gasteiger partial charge >= 0.3 is 0 Å². The smallest absolute Gasteiger partial charge is 0.255 e. The minimum absolute atomic E-state index is 0.00534. The molecule has 5 nitrogen and oxygen atoms in total. The zero-order chi connectivity index (χ0) is 18.6. The monoisotopic (exact) mass is 405 g/mol. The second kappa shape index (κ2) is 8.34. The number of hydrogen-bond donors (Lipinski definition) is 1. The van der Waals surface area contributed by atoms with Crippen LogP contribution in [0.1, 0.15) is 35.1 Å². The van der Waals surface area contributed by atoms with Crippen LogP contribution in [-0.4, -0.2) is 41.4 Å². The number of amides is 2. The van der Waals surface area contributed by atoms with Crippen LogP contribution in [0.5, 0.6) is 0 Å². The summed E-state index contributed by atoms with van der Waals surface area (Å²) in [5.41, 5.74) is 3.66. The van der Waals surface area contributed by atoms with Gasteiger partial charge in [-0.25, -0.2) is 0 Å². The molecule has 0 aliphatic rings. The van der Waals surface area contributed by atoms with Gasteiger partial charge in [-0.2, -0.15) is 0 Å². The molecule has 0 saturated carbocycles. The van der Waals surface area contributed by atoms with Gasteiger partial charge in [0.05, 0.1) is 11.3 Å². The number of carbonyl (C=O) groups is 2. The minimum atomic E-state index is -0.0500. The summed E-state index contributed by atoms with van der Waals surface area (Å²) < 4.78 is 3.07. The molecule has 1 heterocycles. The number of benzene rings is 1. The Hall–Kier alpha value is -2.08. The van der Waals surface area contributed by atoms with Crippen LogP contribution in [0.15, 0.2) is 34.8 Å². The predicted molar refractivity (Wildman–Crippen MR) is 103 cm³/mol. The van der Waals surface area contributed by atoms with Crippen molar-refractivity contribution >= 4 is 27.7 Å². The molecule has 1 aromatic carbocycles. The lowest BCUT2D eigenvalue weighted by Crippen LogP contribution is -2.31. The third-order valence-electron chi connectivity index (χ3n) is 4.15. The van der Waals surface area contributed by atoms with Crippen LogP contribution in [-0.2, 0) is 4.79 Å². The standard InChI is InChI=1S/C19H24BrN3O2/c1-13-12-16(19(25)22(4)11-7-10-21-15(3)24)14(2)23(13)18-9-6-5-8-17(18)20/h5-6,8-9,12H,7,10-11H2,1-4H3,(H,21,24). The van der Waals surface area contributed by atoms with Gasteiger partial charge in [0.25, 0.3) is 5.91 Å². The van der Waals surface area contributed by atoms with E-state index in [1.165, 1.54) is 6.92 Å². The van der Waals surface area contributed by atoms with Crippen molar-refractivity contribution in [3.63, 3.8) is 0 Å². The Kier molecular flexibility index (Phi) is 6.42. The van der Waals surface area contributed by atoms with Crippen LogP contribution in [0.4, 0.5) is 0 Å². The van der Waals surface area contributed by atoms with Crippen molar-refractivity contribution in [1.82, 2.24) is 14.8 Å². The quantitative estimate of drug-likeness (QED) is 0.748. The molecule has 0 unspecified atom stereocenters. The first kappa shape index (κ1) is 19.2. The van der Waals surface area contributed by atoms with Crippen molar-refractivity contribution in [2.45, 2.75) is 27.2 Å². The predicted octanol–water partition coefficient (Wildman–Crippen LogP) is 3.45. The van der Waals surface area contributed by atoms with E-state index in [0.717, 1.165) is 28.0 Å². The molecule has 0 fully saturated rings. The van der Waals surface area contributed by atoms with E-state index in [1.807, 2.05) is 44.2 Å². The first-order chi connectivity index (χ1) is 11.8. The van der Waals surface area contributed by atoms with E-state index in [0.29, 0.717) is 18.7 Å². The maximum atomic E-state index is 12.8. The van der Waals surface area contributed by atoms with Gasteiger partial charge in [0.1, 0.15) is 0 Å². The van der Waals surface area contributed by atoms with Gasteiger partial charge in [-0.1, -0.05) is 12.1 Å². The Morgan fingerprint density at radius 3 is 2.56 bits per heavy atom. The fourth-order valence-corrected chi connectivity index (χ4v) is 3.33. The third kappa shape index (κ3) is 4.51. The molecule has 1 N–H and O–H groups in total. The van der Waals surface area contributed by atoms with Crippen LogP contribution in [0.2, 0.25) is 0 Å². The van der Waals surface area contributed by atoms with Crippen molar-refractivity contribution in [2.75, 3.05) is 20.1 Å². The number of nitrogens with one attached hydrogen (secondary N) is 1. The van der Waals surface area contributed by atoms with Crippen molar-refractivity contribution < 1.29 is 9.59 Å². The molecular weight excluding hydrogens is 382 g/mol. The summed E-state index contributed by atoms with van der Waals surface area (Å²) in [5.74, 6) is -0.0554. The summed E-state index contributed by atoms with van der Waals surface area (Å²) >= 11 is 3.58. The van der Waals surface area contributed by atoms with Gasteiger partial charge < -0.3 is 14.8 Å². The van der Waals surface area contributed by atoms with Gasteiger partial charge in [-0.15, -0.1) is 0 Å². The lowest BCUT2D eigenvalue weighted by molar-refractivity contribution is -0.118. The molecule has 0 saturated heterocycles. The van der Waals surface area contributed by atoms with E-state index in [9.17, 15) is 9.59 Å². The summed E-state index contributed by atoms with van der Waals surface area (Å²) in [7, 11) is 1.79. The average molecular weight is 406 g/mol. The van der Waals surface area contributed by atoms with E-state index in [2.05, 4.69) is 25.8 Å². The molecule has 2 rings (SSSR count). The number of aromatic nitrogens is 1. The molecule has 0 bridgehead atoms. The molecule has 1 aromatic heterocycles. The number of rotatable bonds is 6. The summed E-state index contributed by atoms with van der Waals surface area (Å²) in [4.78, 5) is 25.4. The Morgan fingerprint density at radius 1 is 1.24 bits per heavy atom. The molecule has 0 aliphatic heterocycles. The van der Waals surface area contributed by atoms with Crippen LogP contribution in [0.25, 0.3) is 5.69 Å². The number of para-hydroxylation sites is 1. The van der Waals surface area contributed by atoms with Crippen LogP contribution in [0.3, 0.4) is 0 Å². The molecular formula is C19H24BrN3O2. The SMILES string of the molecule is CC(=O)NCCCN(C)C(=O)c1cc(C)n(-c2ccccc2Br)c1C. The molecule has 25 heavy (non-hydrogen) atoms. The first-order valence-electron chi connectivity index (χ1n) is 8.26. The number of aryl methyl sites for hydroxylation is 1. The second-order valence-electron chi connectivity index (χ2n) is 6.13. The highest BCUT2D eigenvalue weighted by molar-refractivity contribution is 9.10. The number of halogens is 1. The van der Waals surface area contributed by atoms with Crippen LogP contribution in [0, 0.1) is 13.8 Å². The van der Waals surface area contributed by atoms with E-state index in [-0.39, 0.29) is 11.8 Å². The molecule has 134 valence electrons. The number of carbonyl (C=O) groups excluding carboxylic acids is 2. The molecule has 0 spiro atoms. The summed E-state index contributed by atoms with van der Waals surface area (Å²) in [6.45, 7) is 6.62. The normalized spacial score (nSPS) is 10.6. The summed E-state index contributed by atoms with van der Waals surface area (Å²) in [6.07, 6.45) is 0.727. The van der Waals surface area contributed by atoms with E-state index in [4.69, 9.17) is 0 Å². The molecule has 2 amide bonds. The molecule has 0 atom stereocenters. The fraction of sp³-hybridized carbons (Fsp3) is 0.368.